The third-order valence-electron chi connectivity index (χ3n) is 3.25. The van der Waals surface area contributed by atoms with E-state index in [0.717, 1.165) is 6.07 Å². The summed E-state index contributed by atoms with van der Waals surface area (Å²) >= 11 is 0. The third-order valence-corrected chi connectivity index (χ3v) is 3.25. The average Bonchev–Trinajstić information content (AvgIpc) is 2.40. The first kappa shape index (κ1) is 17.7. The van der Waals surface area contributed by atoms with Crippen molar-refractivity contribution in [3.63, 3.8) is 0 Å². The molecule has 0 aliphatic carbocycles. The van der Waals surface area contributed by atoms with E-state index in [0.29, 0.717) is 38.1 Å². The molecule has 1 aliphatic heterocycles. The highest BCUT2D eigenvalue weighted by Gasteiger charge is 2.34. The Balaban J connectivity index is 0.00000220. The van der Waals surface area contributed by atoms with Gasteiger partial charge in [0.2, 0.25) is 5.91 Å². The maximum atomic E-state index is 13.1. The second-order valence-electron chi connectivity index (χ2n) is 4.71. The molecule has 1 heterocycles. The molecule has 0 spiro atoms. The molecule has 1 saturated heterocycles. The summed E-state index contributed by atoms with van der Waals surface area (Å²) in [6.07, 6.45) is -3.50. The van der Waals surface area contributed by atoms with Gasteiger partial charge in [-0.3, -0.25) is 4.79 Å². The van der Waals surface area contributed by atoms with Crippen LogP contribution in [0.3, 0.4) is 0 Å². The summed E-state index contributed by atoms with van der Waals surface area (Å²) in [6, 6.07) is 2.46. The van der Waals surface area contributed by atoms with Gasteiger partial charge in [-0.25, -0.2) is 4.39 Å². The van der Waals surface area contributed by atoms with Crippen molar-refractivity contribution in [1.29, 1.82) is 0 Å². The van der Waals surface area contributed by atoms with Crippen LogP contribution in [-0.2, 0) is 11.0 Å². The van der Waals surface area contributed by atoms with Crippen LogP contribution < -0.4 is 10.6 Å². The normalized spacial score (nSPS) is 16.2. The van der Waals surface area contributed by atoms with Gasteiger partial charge in [-0.1, -0.05) is 0 Å². The third kappa shape index (κ3) is 4.57. The SMILES string of the molecule is Cl.O=C(Nc1ccc(F)c(C(F)(F)F)c1)C1CCNCC1. The Hall–Kier alpha value is -1.34. The molecule has 0 aromatic heterocycles. The Morgan fingerprint density at radius 2 is 1.86 bits per heavy atom. The second-order valence-corrected chi connectivity index (χ2v) is 4.71. The summed E-state index contributed by atoms with van der Waals surface area (Å²) < 4.78 is 50.8. The van der Waals surface area contributed by atoms with Gasteiger partial charge >= 0.3 is 6.18 Å². The van der Waals surface area contributed by atoms with Crippen molar-refractivity contribution in [2.24, 2.45) is 5.92 Å². The predicted molar refractivity (Wildman–Crippen MR) is 72.9 cm³/mol. The number of hydrogen-bond donors (Lipinski definition) is 2. The minimum Gasteiger partial charge on any atom is -0.326 e. The minimum absolute atomic E-state index is 0. The molecule has 2 N–H and O–H groups in total. The summed E-state index contributed by atoms with van der Waals surface area (Å²) in [4.78, 5) is 11.9. The van der Waals surface area contributed by atoms with Crippen molar-refractivity contribution < 1.29 is 22.4 Å². The molecule has 118 valence electrons. The summed E-state index contributed by atoms with van der Waals surface area (Å²) in [5, 5.41) is 5.51. The van der Waals surface area contributed by atoms with Crippen molar-refractivity contribution >= 4 is 24.0 Å². The Morgan fingerprint density at radius 3 is 2.43 bits per heavy atom. The molecule has 0 atom stereocenters. The van der Waals surface area contributed by atoms with E-state index in [1.54, 1.807) is 0 Å². The van der Waals surface area contributed by atoms with Gasteiger partial charge in [0.15, 0.2) is 0 Å². The van der Waals surface area contributed by atoms with Gasteiger partial charge < -0.3 is 10.6 Å². The van der Waals surface area contributed by atoms with E-state index in [9.17, 15) is 22.4 Å². The number of halogens is 5. The smallest absolute Gasteiger partial charge is 0.326 e. The molecule has 1 aliphatic rings. The molecule has 1 aromatic rings. The quantitative estimate of drug-likeness (QED) is 0.819. The molecule has 21 heavy (non-hydrogen) atoms. The number of hydrogen-bond acceptors (Lipinski definition) is 2. The van der Waals surface area contributed by atoms with Crippen LogP contribution in [0.1, 0.15) is 18.4 Å². The summed E-state index contributed by atoms with van der Waals surface area (Å²) in [7, 11) is 0. The number of anilines is 1. The van der Waals surface area contributed by atoms with Gasteiger partial charge in [0.25, 0.3) is 0 Å². The highest BCUT2D eigenvalue weighted by atomic mass is 35.5. The lowest BCUT2D eigenvalue weighted by atomic mass is 9.97. The molecule has 1 aromatic carbocycles. The first-order chi connectivity index (χ1) is 9.38. The van der Waals surface area contributed by atoms with Gasteiger partial charge in [-0.2, -0.15) is 13.2 Å². The van der Waals surface area contributed by atoms with Crippen molar-refractivity contribution in [2.75, 3.05) is 18.4 Å². The van der Waals surface area contributed by atoms with Crippen molar-refractivity contribution in [3.05, 3.63) is 29.6 Å². The lowest BCUT2D eigenvalue weighted by molar-refractivity contribution is -0.140. The molecule has 3 nitrogen and oxygen atoms in total. The number of carbonyl (C=O) groups excluding carboxylic acids is 1. The number of alkyl halides is 3. The lowest BCUT2D eigenvalue weighted by Gasteiger charge is -2.22. The van der Waals surface area contributed by atoms with E-state index >= 15 is 0 Å². The Kier molecular flexibility index (Phi) is 5.98. The molecule has 8 heteroatoms. The molecule has 0 radical (unpaired) electrons. The van der Waals surface area contributed by atoms with Crippen LogP contribution in [0.25, 0.3) is 0 Å². The van der Waals surface area contributed by atoms with Crippen LogP contribution in [0.4, 0.5) is 23.2 Å². The number of carbonyl (C=O) groups is 1. The number of rotatable bonds is 2. The van der Waals surface area contributed by atoms with Crippen molar-refractivity contribution in [1.82, 2.24) is 5.32 Å². The first-order valence-corrected chi connectivity index (χ1v) is 6.26. The highest BCUT2D eigenvalue weighted by Crippen LogP contribution is 2.33. The topological polar surface area (TPSA) is 41.1 Å². The Morgan fingerprint density at radius 1 is 1.24 bits per heavy atom. The maximum absolute atomic E-state index is 13.1. The van der Waals surface area contributed by atoms with E-state index < -0.39 is 17.6 Å². The van der Waals surface area contributed by atoms with Crippen LogP contribution >= 0.6 is 12.4 Å². The Labute approximate surface area is 125 Å². The standard InChI is InChI=1S/C13H14F4N2O.ClH/c14-11-2-1-9(7-10(11)13(15,16)17)19-12(20)8-3-5-18-6-4-8;/h1-2,7-8,18H,3-6H2,(H,19,20);1H. The predicted octanol–water partition coefficient (Wildman–Crippen LogP) is 3.20. The number of nitrogens with one attached hydrogen (secondary N) is 2. The van der Waals surface area contributed by atoms with Crippen LogP contribution in [0.5, 0.6) is 0 Å². The highest BCUT2D eigenvalue weighted by molar-refractivity contribution is 5.92. The van der Waals surface area contributed by atoms with Crippen LogP contribution in [-0.4, -0.2) is 19.0 Å². The van der Waals surface area contributed by atoms with E-state index in [1.165, 1.54) is 0 Å². The number of benzene rings is 1. The van der Waals surface area contributed by atoms with Crippen molar-refractivity contribution in [3.8, 4) is 0 Å². The fourth-order valence-electron chi connectivity index (χ4n) is 2.15. The van der Waals surface area contributed by atoms with Crippen LogP contribution in [0.15, 0.2) is 18.2 Å². The molecule has 1 fully saturated rings. The van der Waals surface area contributed by atoms with Gasteiger partial charge in [0, 0.05) is 11.6 Å². The molecule has 1 amide bonds. The zero-order valence-corrected chi connectivity index (χ0v) is 11.8. The fourth-order valence-corrected chi connectivity index (χ4v) is 2.15. The minimum atomic E-state index is -4.78. The summed E-state index contributed by atoms with van der Waals surface area (Å²) in [5.74, 6) is -1.90. The van der Waals surface area contributed by atoms with E-state index in [2.05, 4.69) is 10.6 Å². The van der Waals surface area contributed by atoms with Gasteiger partial charge in [0.05, 0.1) is 5.56 Å². The zero-order valence-electron chi connectivity index (χ0n) is 11.0. The Bertz CT molecular complexity index is 501. The second kappa shape index (κ2) is 7.09. The molecule has 2 rings (SSSR count). The lowest BCUT2D eigenvalue weighted by Crippen LogP contribution is -2.34. The van der Waals surface area contributed by atoms with Gasteiger partial charge in [-0.05, 0) is 44.1 Å². The largest absolute Gasteiger partial charge is 0.419 e. The van der Waals surface area contributed by atoms with Gasteiger partial charge in [-0.15, -0.1) is 12.4 Å². The molecular weight excluding hydrogens is 312 g/mol. The average molecular weight is 327 g/mol. The monoisotopic (exact) mass is 326 g/mol. The molecule has 0 saturated carbocycles. The number of piperidine rings is 1. The van der Waals surface area contributed by atoms with Crippen LogP contribution in [0, 0.1) is 11.7 Å². The van der Waals surface area contributed by atoms with Crippen molar-refractivity contribution in [2.45, 2.75) is 19.0 Å². The number of amides is 1. The van der Waals surface area contributed by atoms with E-state index in [4.69, 9.17) is 0 Å². The maximum Gasteiger partial charge on any atom is 0.419 e. The fraction of sp³-hybridized carbons (Fsp3) is 0.462. The zero-order chi connectivity index (χ0) is 14.8. The molecule has 0 bridgehead atoms. The summed E-state index contributed by atoms with van der Waals surface area (Å²) in [5.41, 5.74) is -1.41. The van der Waals surface area contributed by atoms with Crippen LogP contribution in [0.2, 0.25) is 0 Å². The van der Waals surface area contributed by atoms with E-state index in [1.807, 2.05) is 0 Å². The molecule has 0 unspecified atom stereocenters. The first-order valence-electron chi connectivity index (χ1n) is 6.26. The summed E-state index contributed by atoms with van der Waals surface area (Å²) in [6.45, 7) is 1.41. The van der Waals surface area contributed by atoms with E-state index in [-0.39, 0.29) is 29.9 Å². The van der Waals surface area contributed by atoms with Gasteiger partial charge in [0.1, 0.15) is 5.82 Å². The molecular formula is C13H15ClF4N2O.